The van der Waals surface area contributed by atoms with Crippen LogP contribution in [-0.2, 0) is 0 Å². The molecule has 1 aromatic heterocycles. The first-order valence-electron chi connectivity index (χ1n) is 11.8. The topological polar surface area (TPSA) is 53.4 Å². The highest BCUT2D eigenvalue weighted by atomic mass is 32.2. The van der Waals surface area contributed by atoms with E-state index in [1.165, 1.54) is 18.1 Å². The van der Waals surface area contributed by atoms with E-state index in [1.807, 2.05) is 36.9 Å². The molecule has 0 aliphatic heterocycles. The standard InChI is InChI=1S/C30H35NO2S/c1-5-6-11-26(30(3,32)33)12-8-13-29(34-4)25-10-7-9-23(21-25)15-18-27-19-17-24-16-14-22(2)20-28(24)31-27/h5-7,9-11,14-21,29,32-33H,8,12-13H2,1-4H3/b6-5-,18-15+,26-11+/t29-/m1/s1. The lowest BCUT2D eigenvalue weighted by atomic mass is 9.97. The summed E-state index contributed by atoms with van der Waals surface area (Å²) < 4.78 is 0. The van der Waals surface area contributed by atoms with Crippen molar-refractivity contribution in [3.8, 4) is 0 Å². The number of benzene rings is 2. The van der Waals surface area contributed by atoms with Crippen LogP contribution in [0, 0.1) is 6.92 Å². The Morgan fingerprint density at radius 1 is 1.09 bits per heavy atom. The molecule has 3 rings (SSSR count). The van der Waals surface area contributed by atoms with Crippen LogP contribution in [0.5, 0.6) is 0 Å². The molecule has 0 bridgehead atoms. The van der Waals surface area contributed by atoms with E-state index < -0.39 is 5.79 Å². The van der Waals surface area contributed by atoms with Crippen LogP contribution < -0.4 is 0 Å². The monoisotopic (exact) mass is 473 g/mol. The highest BCUT2D eigenvalue weighted by Crippen LogP contribution is 2.34. The predicted molar refractivity (Wildman–Crippen MR) is 148 cm³/mol. The number of thioether (sulfide) groups is 1. The normalized spacial score (nSPS) is 13.9. The molecule has 0 aliphatic rings. The highest BCUT2D eigenvalue weighted by Gasteiger charge is 2.21. The van der Waals surface area contributed by atoms with Crippen molar-refractivity contribution in [1.29, 1.82) is 0 Å². The molecule has 0 spiro atoms. The van der Waals surface area contributed by atoms with Gasteiger partial charge in [0.05, 0.1) is 11.2 Å². The SMILES string of the molecule is C/C=C\C=C(/CCC[C@@H](SC)c1cccc(/C=C/c2ccc3ccc(C)cc3n2)c1)C(C)(O)O. The maximum absolute atomic E-state index is 10.0. The van der Waals surface area contributed by atoms with Gasteiger partial charge in [-0.3, -0.25) is 0 Å². The second kappa shape index (κ2) is 12.2. The molecule has 0 amide bonds. The zero-order valence-corrected chi connectivity index (χ0v) is 21.3. The summed E-state index contributed by atoms with van der Waals surface area (Å²) in [5.74, 6) is -1.78. The molecule has 2 aromatic carbocycles. The third kappa shape index (κ3) is 7.42. The van der Waals surface area contributed by atoms with Gasteiger partial charge in [-0.15, -0.1) is 0 Å². The van der Waals surface area contributed by atoms with Crippen LogP contribution in [0.15, 0.2) is 78.4 Å². The van der Waals surface area contributed by atoms with Gasteiger partial charge in [0.2, 0.25) is 0 Å². The number of aryl methyl sites for hydroxylation is 1. The molecule has 4 heteroatoms. The Morgan fingerprint density at radius 3 is 2.62 bits per heavy atom. The summed E-state index contributed by atoms with van der Waals surface area (Å²) in [5.41, 5.74) is 6.25. The van der Waals surface area contributed by atoms with Crippen LogP contribution in [0.2, 0.25) is 0 Å². The van der Waals surface area contributed by atoms with Gasteiger partial charge in [0.1, 0.15) is 0 Å². The van der Waals surface area contributed by atoms with Crippen molar-refractivity contribution in [2.75, 3.05) is 6.26 Å². The van der Waals surface area contributed by atoms with Crippen LogP contribution in [0.3, 0.4) is 0 Å². The number of hydrogen-bond acceptors (Lipinski definition) is 4. The molecule has 34 heavy (non-hydrogen) atoms. The van der Waals surface area contributed by atoms with Crippen LogP contribution in [0.1, 0.15) is 60.7 Å². The summed E-state index contributed by atoms with van der Waals surface area (Å²) in [6.07, 6.45) is 14.4. The van der Waals surface area contributed by atoms with Crippen molar-refractivity contribution in [2.45, 2.75) is 51.1 Å². The quantitative estimate of drug-likeness (QED) is 0.237. The van der Waals surface area contributed by atoms with Crippen LogP contribution in [0.25, 0.3) is 23.1 Å². The van der Waals surface area contributed by atoms with Gasteiger partial charge < -0.3 is 10.2 Å². The Kier molecular flexibility index (Phi) is 9.28. The maximum atomic E-state index is 10.0. The molecule has 178 valence electrons. The minimum atomic E-state index is -1.78. The first-order chi connectivity index (χ1) is 16.3. The summed E-state index contributed by atoms with van der Waals surface area (Å²) in [4.78, 5) is 4.78. The lowest BCUT2D eigenvalue weighted by Crippen LogP contribution is -2.26. The van der Waals surface area contributed by atoms with Crippen molar-refractivity contribution >= 4 is 34.8 Å². The first kappa shape index (κ1) is 26.0. The van der Waals surface area contributed by atoms with Crippen LogP contribution >= 0.6 is 11.8 Å². The molecule has 2 N–H and O–H groups in total. The van der Waals surface area contributed by atoms with Crippen molar-refractivity contribution < 1.29 is 10.2 Å². The summed E-state index contributed by atoms with van der Waals surface area (Å²) in [6, 6.07) is 19.1. The second-order valence-corrected chi connectivity index (χ2v) is 9.83. The minimum Gasteiger partial charge on any atom is -0.362 e. The molecule has 0 fully saturated rings. The molecule has 0 saturated heterocycles. The molecular weight excluding hydrogens is 438 g/mol. The van der Waals surface area contributed by atoms with Crippen LogP contribution in [0.4, 0.5) is 0 Å². The summed E-state index contributed by atoms with van der Waals surface area (Å²) in [6.45, 7) is 5.43. The molecule has 0 aliphatic carbocycles. The number of hydrogen-bond donors (Lipinski definition) is 2. The van der Waals surface area contributed by atoms with E-state index in [4.69, 9.17) is 4.98 Å². The van der Waals surface area contributed by atoms with E-state index in [0.717, 1.165) is 35.0 Å². The Balaban J connectivity index is 1.69. The number of fused-ring (bicyclic) bond motifs is 1. The van der Waals surface area contributed by atoms with Gasteiger partial charge in [-0.2, -0.15) is 11.8 Å². The van der Waals surface area contributed by atoms with E-state index in [0.29, 0.717) is 17.2 Å². The second-order valence-electron chi connectivity index (χ2n) is 8.79. The lowest BCUT2D eigenvalue weighted by Gasteiger charge is -2.21. The number of pyridine rings is 1. The average Bonchev–Trinajstić information content (AvgIpc) is 2.81. The smallest absolute Gasteiger partial charge is 0.182 e. The van der Waals surface area contributed by atoms with Crippen molar-refractivity contribution in [3.63, 3.8) is 0 Å². The van der Waals surface area contributed by atoms with Gasteiger partial charge in [0.15, 0.2) is 5.79 Å². The predicted octanol–water partition coefficient (Wildman–Crippen LogP) is 7.49. The fourth-order valence-corrected chi connectivity index (χ4v) is 4.79. The molecule has 0 radical (unpaired) electrons. The van der Waals surface area contributed by atoms with Crippen molar-refractivity contribution in [2.24, 2.45) is 0 Å². The highest BCUT2D eigenvalue weighted by molar-refractivity contribution is 7.98. The van der Waals surface area contributed by atoms with Gasteiger partial charge in [-0.1, -0.05) is 66.8 Å². The van der Waals surface area contributed by atoms with Gasteiger partial charge in [-0.05, 0) is 86.8 Å². The van der Waals surface area contributed by atoms with E-state index >= 15 is 0 Å². The molecular formula is C30H35NO2S. The molecule has 3 aromatic rings. The number of allylic oxidation sites excluding steroid dienone is 3. The number of aromatic nitrogens is 1. The van der Waals surface area contributed by atoms with Crippen LogP contribution in [-0.4, -0.2) is 27.2 Å². The first-order valence-corrected chi connectivity index (χ1v) is 13.0. The fourth-order valence-electron chi connectivity index (χ4n) is 3.97. The molecule has 1 heterocycles. The van der Waals surface area contributed by atoms with E-state index in [1.54, 1.807) is 0 Å². The number of nitrogens with zero attached hydrogens (tertiary/aromatic N) is 1. The number of aliphatic hydroxyl groups is 2. The Hall–Kier alpha value is -2.66. The zero-order chi connectivity index (χ0) is 24.6. The molecule has 0 saturated carbocycles. The Bertz CT molecular complexity index is 1190. The maximum Gasteiger partial charge on any atom is 0.182 e. The van der Waals surface area contributed by atoms with E-state index in [9.17, 15) is 10.2 Å². The lowest BCUT2D eigenvalue weighted by molar-refractivity contribution is -0.113. The average molecular weight is 474 g/mol. The van der Waals surface area contributed by atoms with Gasteiger partial charge >= 0.3 is 0 Å². The van der Waals surface area contributed by atoms with Gasteiger partial charge in [-0.25, -0.2) is 4.98 Å². The summed E-state index contributed by atoms with van der Waals surface area (Å²) in [5, 5.41) is 21.6. The van der Waals surface area contributed by atoms with Gasteiger partial charge in [0, 0.05) is 10.6 Å². The van der Waals surface area contributed by atoms with Crippen molar-refractivity contribution in [1.82, 2.24) is 4.98 Å². The summed E-state index contributed by atoms with van der Waals surface area (Å²) in [7, 11) is 0. The number of rotatable bonds is 10. The summed E-state index contributed by atoms with van der Waals surface area (Å²) >= 11 is 1.83. The largest absolute Gasteiger partial charge is 0.362 e. The third-order valence-electron chi connectivity index (χ3n) is 5.89. The van der Waals surface area contributed by atoms with Gasteiger partial charge in [0.25, 0.3) is 0 Å². The molecule has 1 atom stereocenters. The molecule has 0 unspecified atom stereocenters. The zero-order valence-electron chi connectivity index (χ0n) is 20.5. The van der Waals surface area contributed by atoms with E-state index in [-0.39, 0.29) is 0 Å². The Labute approximate surface area is 208 Å². The molecule has 3 nitrogen and oxygen atoms in total. The van der Waals surface area contributed by atoms with Crippen molar-refractivity contribution in [3.05, 3.63) is 101 Å². The minimum absolute atomic E-state index is 0.349. The fraction of sp³-hybridized carbons (Fsp3) is 0.300. The third-order valence-corrected chi connectivity index (χ3v) is 6.97. The Morgan fingerprint density at radius 2 is 1.88 bits per heavy atom. The van der Waals surface area contributed by atoms with E-state index in [2.05, 4.69) is 79.9 Å².